The number of aryl methyl sites for hydroxylation is 1. The minimum Gasteiger partial charge on any atom is -0.494 e. The average molecular weight is 260 g/mol. The van der Waals surface area contributed by atoms with Gasteiger partial charge in [0.1, 0.15) is 5.75 Å². The Bertz CT molecular complexity index is 425. The zero-order chi connectivity index (χ0) is 13.8. The molecule has 2 nitrogen and oxygen atoms in total. The number of ketones is 1. The summed E-state index contributed by atoms with van der Waals surface area (Å²) in [5.74, 6) is -1.31. The first-order valence-corrected chi connectivity index (χ1v) is 5.77. The van der Waals surface area contributed by atoms with Crippen LogP contribution in [0.1, 0.15) is 36.2 Å². The SMILES string of the molecule is CCCOc1ccc(C(=O)C(F)(F)F)c(CC)c1. The molecule has 0 bridgehead atoms. The average Bonchev–Trinajstić information content (AvgIpc) is 2.34. The van der Waals surface area contributed by atoms with Crippen LogP contribution in [0.2, 0.25) is 0 Å². The molecule has 18 heavy (non-hydrogen) atoms. The summed E-state index contributed by atoms with van der Waals surface area (Å²) in [5, 5.41) is 0. The second kappa shape index (κ2) is 5.89. The lowest BCUT2D eigenvalue weighted by Crippen LogP contribution is -2.24. The standard InChI is InChI=1S/C13H15F3O2/c1-3-7-18-10-5-6-11(9(4-2)8-10)12(17)13(14,15)16/h5-6,8H,3-4,7H2,1-2H3. The van der Waals surface area contributed by atoms with Gasteiger partial charge in [0.25, 0.3) is 5.78 Å². The second-order valence-corrected chi connectivity index (χ2v) is 3.85. The number of rotatable bonds is 5. The number of Topliss-reactive ketones (excluding diaryl/α,β-unsaturated/α-hetero) is 1. The van der Waals surface area contributed by atoms with E-state index in [0.717, 1.165) is 6.42 Å². The van der Waals surface area contributed by atoms with Crippen LogP contribution in [0.3, 0.4) is 0 Å². The van der Waals surface area contributed by atoms with Crippen LogP contribution < -0.4 is 4.74 Å². The van der Waals surface area contributed by atoms with Crippen molar-refractivity contribution in [2.75, 3.05) is 6.61 Å². The quantitative estimate of drug-likeness (QED) is 0.753. The lowest BCUT2D eigenvalue weighted by molar-refractivity contribution is -0.0885. The molecular formula is C13H15F3O2. The second-order valence-electron chi connectivity index (χ2n) is 3.85. The van der Waals surface area contributed by atoms with Crippen molar-refractivity contribution in [2.45, 2.75) is 32.9 Å². The monoisotopic (exact) mass is 260 g/mol. The maximum Gasteiger partial charge on any atom is 0.454 e. The first-order chi connectivity index (χ1) is 8.40. The molecule has 0 saturated heterocycles. The molecular weight excluding hydrogens is 245 g/mol. The molecule has 0 amide bonds. The Morgan fingerprint density at radius 1 is 1.28 bits per heavy atom. The Morgan fingerprint density at radius 3 is 2.44 bits per heavy atom. The highest BCUT2D eigenvalue weighted by Crippen LogP contribution is 2.26. The van der Waals surface area contributed by atoms with Crippen molar-refractivity contribution in [3.63, 3.8) is 0 Å². The normalized spacial score (nSPS) is 11.4. The molecule has 100 valence electrons. The van der Waals surface area contributed by atoms with Crippen molar-refractivity contribution in [1.82, 2.24) is 0 Å². The van der Waals surface area contributed by atoms with Crippen LogP contribution in [-0.2, 0) is 6.42 Å². The summed E-state index contributed by atoms with van der Waals surface area (Å²) in [6, 6.07) is 4.07. The zero-order valence-electron chi connectivity index (χ0n) is 10.3. The fraction of sp³-hybridized carbons (Fsp3) is 0.462. The van der Waals surface area contributed by atoms with Crippen molar-refractivity contribution in [3.8, 4) is 5.75 Å². The summed E-state index contributed by atoms with van der Waals surface area (Å²) in [6.07, 6.45) is -3.68. The molecule has 0 aliphatic rings. The van der Waals surface area contributed by atoms with Crippen LogP contribution >= 0.6 is 0 Å². The van der Waals surface area contributed by atoms with Crippen LogP contribution in [0.5, 0.6) is 5.75 Å². The van der Waals surface area contributed by atoms with E-state index < -0.39 is 12.0 Å². The number of benzene rings is 1. The first-order valence-electron chi connectivity index (χ1n) is 5.77. The first kappa shape index (κ1) is 14.5. The van der Waals surface area contributed by atoms with E-state index in [1.54, 1.807) is 6.92 Å². The van der Waals surface area contributed by atoms with Gasteiger partial charge in [0, 0.05) is 5.56 Å². The van der Waals surface area contributed by atoms with Crippen LogP contribution in [0.15, 0.2) is 18.2 Å². The van der Waals surface area contributed by atoms with Gasteiger partial charge in [0.05, 0.1) is 6.61 Å². The molecule has 1 rings (SSSR count). The van der Waals surface area contributed by atoms with E-state index in [1.807, 2.05) is 6.92 Å². The van der Waals surface area contributed by atoms with E-state index >= 15 is 0 Å². The maximum atomic E-state index is 12.4. The van der Waals surface area contributed by atoms with Crippen molar-refractivity contribution in [3.05, 3.63) is 29.3 Å². The topological polar surface area (TPSA) is 26.3 Å². The number of carbonyl (C=O) groups is 1. The molecule has 1 aromatic rings. The molecule has 5 heteroatoms. The maximum absolute atomic E-state index is 12.4. The van der Waals surface area contributed by atoms with E-state index in [4.69, 9.17) is 4.74 Å². The minimum absolute atomic E-state index is 0.297. The summed E-state index contributed by atoms with van der Waals surface area (Å²) < 4.78 is 42.4. The third-order valence-corrected chi connectivity index (χ3v) is 2.43. The van der Waals surface area contributed by atoms with Gasteiger partial charge in [-0.25, -0.2) is 0 Å². The smallest absolute Gasteiger partial charge is 0.454 e. The van der Waals surface area contributed by atoms with Gasteiger partial charge in [-0.3, -0.25) is 4.79 Å². The molecule has 0 saturated carbocycles. The number of halogens is 3. The fourth-order valence-corrected chi connectivity index (χ4v) is 1.55. The molecule has 0 N–H and O–H groups in total. The van der Waals surface area contributed by atoms with Gasteiger partial charge in [-0.2, -0.15) is 13.2 Å². The number of hydrogen-bond acceptors (Lipinski definition) is 2. The van der Waals surface area contributed by atoms with Gasteiger partial charge >= 0.3 is 6.18 Å². The third-order valence-electron chi connectivity index (χ3n) is 2.43. The molecule has 0 unspecified atom stereocenters. The van der Waals surface area contributed by atoms with Crippen molar-refractivity contribution in [1.29, 1.82) is 0 Å². The molecule has 0 heterocycles. The van der Waals surface area contributed by atoms with Gasteiger partial charge in [0.2, 0.25) is 0 Å². The van der Waals surface area contributed by atoms with E-state index in [9.17, 15) is 18.0 Å². The summed E-state index contributed by atoms with van der Waals surface area (Å²) in [6.45, 7) is 4.13. The number of ether oxygens (including phenoxy) is 1. The highest BCUT2D eigenvalue weighted by Gasteiger charge is 2.40. The minimum atomic E-state index is -4.84. The van der Waals surface area contributed by atoms with Gasteiger partial charge < -0.3 is 4.74 Å². The Balaban J connectivity index is 3.04. The summed E-state index contributed by atoms with van der Waals surface area (Å²) in [4.78, 5) is 11.2. The van der Waals surface area contributed by atoms with Gasteiger partial charge in [-0.15, -0.1) is 0 Å². The Labute approximate surface area is 104 Å². The van der Waals surface area contributed by atoms with Gasteiger partial charge in [-0.1, -0.05) is 13.8 Å². The van der Waals surface area contributed by atoms with Gasteiger partial charge in [-0.05, 0) is 36.6 Å². The lowest BCUT2D eigenvalue weighted by Gasteiger charge is -2.12. The number of alkyl halides is 3. The van der Waals surface area contributed by atoms with Gasteiger partial charge in [0.15, 0.2) is 0 Å². The van der Waals surface area contributed by atoms with E-state index in [1.165, 1.54) is 18.2 Å². The Hall–Kier alpha value is -1.52. The molecule has 0 aliphatic heterocycles. The summed E-state index contributed by atoms with van der Waals surface area (Å²) in [7, 11) is 0. The lowest BCUT2D eigenvalue weighted by atomic mass is 10.0. The van der Waals surface area contributed by atoms with Crippen molar-refractivity contribution in [2.24, 2.45) is 0 Å². The number of carbonyl (C=O) groups excluding carboxylic acids is 1. The molecule has 0 spiro atoms. The van der Waals surface area contributed by atoms with Crippen molar-refractivity contribution < 1.29 is 22.7 Å². The third kappa shape index (κ3) is 3.48. The fourth-order valence-electron chi connectivity index (χ4n) is 1.55. The highest BCUT2D eigenvalue weighted by molar-refractivity contribution is 6.01. The van der Waals surface area contributed by atoms with E-state index in [-0.39, 0.29) is 5.56 Å². The van der Waals surface area contributed by atoms with E-state index in [0.29, 0.717) is 24.3 Å². The molecule has 0 aliphatic carbocycles. The molecule has 0 radical (unpaired) electrons. The highest BCUT2D eigenvalue weighted by atomic mass is 19.4. The molecule has 0 atom stereocenters. The largest absolute Gasteiger partial charge is 0.494 e. The molecule has 0 aromatic heterocycles. The molecule has 1 aromatic carbocycles. The summed E-state index contributed by atoms with van der Waals surface area (Å²) >= 11 is 0. The Kier molecular flexibility index (Phi) is 4.76. The van der Waals surface area contributed by atoms with Crippen molar-refractivity contribution >= 4 is 5.78 Å². The van der Waals surface area contributed by atoms with Crippen LogP contribution in [0.25, 0.3) is 0 Å². The predicted octanol–water partition coefficient (Wildman–Crippen LogP) is 3.78. The Morgan fingerprint density at radius 2 is 1.94 bits per heavy atom. The molecule has 0 fully saturated rings. The predicted molar refractivity (Wildman–Crippen MR) is 62.0 cm³/mol. The van der Waals surface area contributed by atoms with Crippen LogP contribution in [0, 0.1) is 0 Å². The van der Waals surface area contributed by atoms with Crippen LogP contribution in [-0.4, -0.2) is 18.6 Å². The number of hydrogen-bond donors (Lipinski definition) is 0. The van der Waals surface area contributed by atoms with Crippen LogP contribution in [0.4, 0.5) is 13.2 Å². The zero-order valence-corrected chi connectivity index (χ0v) is 10.3. The summed E-state index contributed by atoms with van der Waals surface area (Å²) in [5.41, 5.74) is 0.0553. The van der Waals surface area contributed by atoms with E-state index in [2.05, 4.69) is 0 Å².